The fourth-order valence-corrected chi connectivity index (χ4v) is 3.80. The smallest absolute Gasteiger partial charge is 0.273 e. The summed E-state index contributed by atoms with van der Waals surface area (Å²) in [6.45, 7) is 2.65. The normalized spacial score (nSPS) is 17.7. The molecule has 0 unspecified atom stereocenters. The van der Waals surface area contributed by atoms with Gasteiger partial charge in [0.05, 0.1) is 12.6 Å². The van der Waals surface area contributed by atoms with Gasteiger partial charge in [0.25, 0.3) is 5.91 Å². The molecule has 1 fully saturated rings. The lowest BCUT2D eigenvalue weighted by Gasteiger charge is -2.28. The molecule has 0 saturated carbocycles. The number of amides is 1. The van der Waals surface area contributed by atoms with Crippen LogP contribution in [0.15, 0.2) is 53.1 Å². The number of β-amino-alcohol motifs (C(OH)–C–C–N with tert-alkyl or cyclic N) is 1. The molecule has 6 nitrogen and oxygen atoms in total. The first-order valence-electron chi connectivity index (χ1n) is 9.80. The molecule has 6 heteroatoms. The van der Waals surface area contributed by atoms with E-state index in [1.807, 2.05) is 18.2 Å². The maximum absolute atomic E-state index is 12.4. The number of hydrogen-bond donors (Lipinski definition) is 2. The van der Waals surface area contributed by atoms with Crippen LogP contribution < -0.4 is 5.32 Å². The van der Waals surface area contributed by atoms with Crippen LogP contribution in [0.1, 0.15) is 34.7 Å². The average Bonchev–Trinajstić information content (AvgIpc) is 3.17. The van der Waals surface area contributed by atoms with Gasteiger partial charge in [-0.3, -0.25) is 9.69 Å². The SMILES string of the molecule is O=C(NCCc1cccc2ccccc12)c1cc(CN2CCC[C@@H](O)C2)on1. The topological polar surface area (TPSA) is 78.6 Å². The van der Waals surface area contributed by atoms with Crippen molar-refractivity contribution in [2.45, 2.75) is 31.9 Å². The van der Waals surface area contributed by atoms with Crippen LogP contribution in [-0.2, 0) is 13.0 Å². The molecule has 2 N–H and O–H groups in total. The van der Waals surface area contributed by atoms with Crippen LogP contribution in [0.4, 0.5) is 0 Å². The van der Waals surface area contributed by atoms with Gasteiger partial charge < -0.3 is 14.9 Å². The molecule has 0 spiro atoms. The third-order valence-electron chi connectivity index (χ3n) is 5.21. The minimum atomic E-state index is -0.284. The molecule has 1 amide bonds. The highest BCUT2D eigenvalue weighted by Gasteiger charge is 2.20. The van der Waals surface area contributed by atoms with Crippen molar-refractivity contribution in [2.75, 3.05) is 19.6 Å². The Morgan fingerprint density at radius 3 is 3.00 bits per heavy atom. The predicted molar refractivity (Wildman–Crippen MR) is 107 cm³/mol. The van der Waals surface area contributed by atoms with Crippen LogP contribution in [0.5, 0.6) is 0 Å². The first-order valence-corrected chi connectivity index (χ1v) is 9.80. The van der Waals surface area contributed by atoms with Crippen LogP contribution >= 0.6 is 0 Å². The van der Waals surface area contributed by atoms with Gasteiger partial charge >= 0.3 is 0 Å². The standard InChI is InChI=1S/C22H25N3O3/c26-18-8-4-12-25(14-18)15-19-13-21(24-28-19)22(27)23-11-10-17-7-3-6-16-5-1-2-9-20(16)17/h1-3,5-7,9,13,18,26H,4,8,10-12,14-15H2,(H,23,27)/t18-/m1/s1. The molecule has 1 atom stereocenters. The largest absolute Gasteiger partial charge is 0.392 e. The summed E-state index contributed by atoms with van der Waals surface area (Å²) >= 11 is 0. The molecule has 146 valence electrons. The number of hydrogen-bond acceptors (Lipinski definition) is 5. The summed E-state index contributed by atoms with van der Waals surface area (Å²) in [5.74, 6) is 0.419. The number of aliphatic hydroxyl groups excluding tert-OH is 1. The number of fused-ring (bicyclic) bond motifs is 1. The van der Waals surface area contributed by atoms with E-state index in [0.717, 1.165) is 25.8 Å². The van der Waals surface area contributed by atoms with Gasteiger partial charge in [-0.15, -0.1) is 0 Å². The Kier molecular flexibility index (Phi) is 5.69. The van der Waals surface area contributed by atoms with Crippen LogP contribution in [0.25, 0.3) is 10.8 Å². The molecule has 1 aliphatic heterocycles. The van der Waals surface area contributed by atoms with E-state index < -0.39 is 0 Å². The lowest BCUT2D eigenvalue weighted by Crippen LogP contribution is -2.37. The Hall–Kier alpha value is -2.70. The molecule has 3 aromatic rings. The van der Waals surface area contributed by atoms with E-state index in [1.165, 1.54) is 16.3 Å². The Bertz CT molecular complexity index is 948. The molecule has 1 aromatic heterocycles. The Balaban J connectivity index is 1.31. The molecule has 28 heavy (non-hydrogen) atoms. The molecular weight excluding hydrogens is 354 g/mol. The van der Waals surface area contributed by atoms with Crippen LogP contribution in [-0.4, -0.2) is 46.8 Å². The number of aromatic nitrogens is 1. The van der Waals surface area contributed by atoms with Gasteiger partial charge in [0, 0.05) is 19.2 Å². The Morgan fingerprint density at radius 1 is 1.25 bits per heavy atom. The number of rotatable bonds is 6. The zero-order valence-corrected chi connectivity index (χ0v) is 15.8. The summed E-state index contributed by atoms with van der Waals surface area (Å²) in [7, 11) is 0. The first-order chi connectivity index (χ1) is 13.7. The second-order valence-electron chi connectivity index (χ2n) is 7.35. The van der Waals surface area contributed by atoms with E-state index in [4.69, 9.17) is 4.52 Å². The number of piperidine rings is 1. The molecule has 1 aliphatic rings. The van der Waals surface area contributed by atoms with Gasteiger partial charge in [-0.1, -0.05) is 47.6 Å². The van der Waals surface area contributed by atoms with Crippen LogP contribution in [0.3, 0.4) is 0 Å². The number of carbonyl (C=O) groups excluding carboxylic acids is 1. The molecule has 0 radical (unpaired) electrons. The Labute approximate surface area is 164 Å². The van der Waals surface area contributed by atoms with E-state index in [2.05, 4.69) is 39.6 Å². The van der Waals surface area contributed by atoms with Crippen molar-refractivity contribution in [2.24, 2.45) is 0 Å². The van der Waals surface area contributed by atoms with E-state index in [1.54, 1.807) is 6.07 Å². The van der Waals surface area contributed by atoms with Crippen molar-refractivity contribution < 1.29 is 14.4 Å². The van der Waals surface area contributed by atoms with Crippen molar-refractivity contribution >= 4 is 16.7 Å². The quantitative estimate of drug-likeness (QED) is 0.689. The first kappa shape index (κ1) is 18.7. The molecular formula is C22H25N3O3. The van der Waals surface area contributed by atoms with Gasteiger partial charge in [0.1, 0.15) is 0 Å². The highest BCUT2D eigenvalue weighted by atomic mass is 16.5. The molecule has 0 bridgehead atoms. The minimum absolute atomic E-state index is 0.228. The van der Waals surface area contributed by atoms with Gasteiger partial charge in [-0.25, -0.2) is 0 Å². The van der Waals surface area contributed by atoms with Gasteiger partial charge in [-0.05, 0) is 42.1 Å². The van der Waals surface area contributed by atoms with Crippen molar-refractivity contribution in [3.05, 3.63) is 65.5 Å². The Morgan fingerprint density at radius 2 is 2.11 bits per heavy atom. The summed E-state index contributed by atoms with van der Waals surface area (Å²) in [6.07, 6.45) is 2.28. The number of benzene rings is 2. The molecule has 1 saturated heterocycles. The van der Waals surface area contributed by atoms with Crippen molar-refractivity contribution in [3.63, 3.8) is 0 Å². The summed E-state index contributed by atoms with van der Waals surface area (Å²) < 4.78 is 5.31. The van der Waals surface area contributed by atoms with Crippen molar-refractivity contribution in [1.29, 1.82) is 0 Å². The molecule has 2 aromatic carbocycles. The predicted octanol–water partition coefficient (Wildman–Crippen LogP) is 2.76. The monoisotopic (exact) mass is 379 g/mol. The third-order valence-corrected chi connectivity index (χ3v) is 5.21. The van der Waals surface area contributed by atoms with Gasteiger partial charge in [0.2, 0.25) is 0 Å². The highest BCUT2D eigenvalue weighted by molar-refractivity contribution is 5.92. The number of nitrogens with one attached hydrogen (secondary N) is 1. The maximum atomic E-state index is 12.4. The summed E-state index contributed by atoms with van der Waals surface area (Å²) in [5, 5.41) is 19.0. The number of nitrogens with zero attached hydrogens (tertiary/aromatic N) is 2. The number of likely N-dealkylation sites (tertiary alicyclic amines) is 1. The average molecular weight is 379 g/mol. The van der Waals surface area contributed by atoms with Crippen LogP contribution in [0.2, 0.25) is 0 Å². The van der Waals surface area contributed by atoms with E-state index in [-0.39, 0.29) is 12.0 Å². The zero-order valence-electron chi connectivity index (χ0n) is 15.8. The third kappa shape index (κ3) is 4.40. The summed E-state index contributed by atoms with van der Waals surface area (Å²) in [5.41, 5.74) is 1.51. The van der Waals surface area contributed by atoms with E-state index in [9.17, 15) is 9.90 Å². The summed E-state index contributed by atoms with van der Waals surface area (Å²) in [4.78, 5) is 14.5. The summed E-state index contributed by atoms with van der Waals surface area (Å²) in [6, 6.07) is 16.2. The fourth-order valence-electron chi connectivity index (χ4n) is 3.80. The number of carbonyl (C=O) groups is 1. The second kappa shape index (κ2) is 8.54. The minimum Gasteiger partial charge on any atom is -0.392 e. The lowest BCUT2D eigenvalue weighted by atomic mass is 10.0. The highest BCUT2D eigenvalue weighted by Crippen LogP contribution is 2.19. The van der Waals surface area contributed by atoms with E-state index >= 15 is 0 Å². The lowest BCUT2D eigenvalue weighted by molar-refractivity contribution is 0.0622. The number of aliphatic hydroxyl groups is 1. The van der Waals surface area contributed by atoms with E-state index in [0.29, 0.717) is 31.1 Å². The molecule has 2 heterocycles. The van der Waals surface area contributed by atoms with Crippen LogP contribution in [0, 0.1) is 0 Å². The maximum Gasteiger partial charge on any atom is 0.273 e. The zero-order chi connectivity index (χ0) is 19.3. The molecule has 4 rings (SSSR count). The van der Waals surface area contributed by atoms with Crippen molar-refractivity contribution in [3.8, 4) is 0 Å². The van der Waals surface area contributed by atoms with Gasteiger partial charge in [0.15, 0.2) is 11.5 Å². The molecule has 0 aliphatic carbocycles. The second-order valence-corrected chi connectivity index (χ2v) is 7.35. The fraction of sp³-hybridized carbons (Fsp3) is 0.364. The van der Waals surface area contributed by atoms with Crippen molar-refractivity contribution in [1.82, 2.24) is 15.4 Å². The van der Waals surface area contributed by atoms with Gasteiger partial charge in [-0.2, -0.15) is 0 Å².